The molecular formula is C15H24Cl2N2O2. The predicted octanol–water partition coefficient (Wildman–Crippen LogP) is 2.87. The van der Waals surface area contributed by atoms with Crippen molar-refractivity contribution in [3.63, 3.8) is 0 Å². The van der Waals surface area contributed by atoms with E-state index in [1.165, 1.54) is 7.11 Å². The van der Waals surface area contributed by atoms with Crippen molar-refractivity contribution < 1.29 is 9.53 Å². The van der Waals surface area contributed by atoms with Crippen LogP contribution in [0.3, 0.4) is 0 Å². The molecule has 0 fully saturated rings. The van der Waals surface area contributed by atoms with Crippen LogP contribution in [0, 0.1) is 0 Å². The van der Waals surface area contributed by atoms with E-state index in [4.69, 9.17) is 22.1 Å². The predicted molar refractivity (Wildman–Crippen MR) is 89.0 cm³/mol. The summed E-state index contributed by atoms with van der Waals surface area (Å²) in [5.41, 5.74) is 6.40. The number of amides is 1. The largest absolute Gasteiger partial charge is 0.383 e. The fourth-order valence-electron chi connectivity index (χ4n) is 2.26. The maximum Gasteiger partial charge on any atom is 0.239 e. The van der Waals surface area contributed by atoms with Gasteiger partial charge in [-0.05, 0) is 30.5 Å². The van der Waals surface area contributed by atoms with Crippen LogP contribution in [0.15, 0.2) is 24.3 Å². The van der Waals surface area contributed by atoms with E-state index < -0.39 is 11.6 Å². The van der Waals surface area contributed by atoms with Gasteiger partial charge in [-0.25, -0.2) is 0 Å². The Morgan fingerprint density at radius 2 is 1.86 bits per heavy atom. The van der Waals surface area contributed by atoms with E-state index >= 15 is 0 Å². The second kappa shape index (κ2) is 9.26. The molecule has 0 aromatic heterocycles. The Labute approximate surface area is 137 Å². The minimum Gasteiger partial charge on any atom is -0.383 e. The summed E-state index contributed by atoms with van der Waals surface area (Å²) in [5.74, 6) is -0.203. The van der Waals surface area contributed by atoms with Gasteiger partial charge in [0.2, 0.25) is 5.91 Å². The second-order valence-electron chi connectivity index (χ2n) is 4.85. The monoisotopic (exact) mass is 334 g/mol. The van der Waals surface area contributed by atoms with Crippen LogP contribution in [-0.2, 0) is 15.1 Å². The molecule has 0 heterocycles. The van der Waals surface area contributed by atoms with Crippen LogP contribution in [0.4, 0.5) is 0 Å². The minimum absolute atomic E-state index is 0. The lowest BCUT2D eigenvalue weighted by molar-refractivity contribution is -0.125. The molecule has 4 nitrogen and oxygen atoms in total. The van der Waals surface area contributed by atoms with E-state index in [1.54, 1.807) is 0 Å². The average molecular weight is 335 g/mol. The first-order chi connectivity index (χ1) is 9.49. The third kappa shape index (κ3) is 5.15. The number of rotatable bonds is 7. The van der Waals surface area contributed by atoms with E-state index in [2.05, 4.69) is 5.32 Å². The van der Waals surface area contributed by atoms with Crippen molar-refractivity contribution in [2.75, 3.05) is 13.7 Å². The van der Waals surface area contributed by atoms with Gasteiger partial charge >= 0.3 is 0 Å². The summed E-state index contributed by atoms with van der Waals surface area (Å²) in [5, 5.41) is 3.74. The molecule has 1 aromatic carbocycles. The van der Waals surface area contributed by atoms with Crippen molar-refractivity contribution >= 4 is 29.9 Å². The van der Waals surface area contributed by atoms with E-state index in [0.717, 1.165) is 18.4 Å². The van der Waals surface area contributed by atoms with Gasteiger partial charge < -0.3 is 15.8 Å². The molecule has 0 aliphatic carbocycles. The second-order valence-corrected chi connectivity index (χ2v) is 5.28. The Bertz CT molecular complexity index is 434. The van der Waals surface area contributed by atoms with Crippen molar-refractivity contribution in [1.29, 1.82) is 0 Å². The maximum atomic E-state index is 12.2. The van der Waals surface area contributed by atoms with Crippen LogP contribution in [-0.4, -0.2) is 25.7 Å². The number of benzene rings is 1. The van der Waals surface area contributed by atoms with Gasteiger partial charge in [-0.3, -0.25) is 4.79 Å². The number of carbonyl (C=O) groups excluding carboxylic acids is 1. The molecule has 1 atom stereocenters. The Morgan fingerprint density at radius 3 is 2.29 bits per heavy atom. The fraction of sp³-hybridized carbons (Fsp3) is 0.533. The molecule has 0 aliphatic rings. The van der Waals surface area contributed by atoms with E-state index in [1.807, 2.05) is 38.1 Å². The van der Waals surface area contributed by atoms with Gasteiger partial charge in [-0.15, -0.1) is 12.4 Å². The first-order valence-corrected chi connectivity index (χ1v) is 7.19. The van der Waals surface area contributed by atoms with Crippen molar-refractivity contribution in [1.82, 2.24) is 5.32 Å². The standard InChI is InChI=1S/C15H23ClN2O2.ClH/c1-4-15(5-2,11-6-8-12(16)9-7-11)18-14(19)13(17)10-20-3;/h6-9,13H,4-5,10,17H2,1-3H3,(H,18,19);1H. The zero-order chi connectivity index (χ0) is 15.2. The third-order valence-corrected chi connectivity index (χ3v) is 3.90. The van der Waals surface area contributed by atoms with Gasteiger partial charge in [0.15, 0.2) is 0 Å². The molecule has 0 radical (unpaired) electrons. The quantitative estimate of drug-likeness (QED) is 0.805. The zero-order valence-corrected chi connectivity index (χ0v) is 14.3. The molecule has 6 heteroatoms. The van der Waals surface area contributed by atoms with Crippen molar-refractivity contribution in [3.05, 3.63) is 34.9 Å². The molecule has 21 heavy (non-hydrogen) atoms. The number of carbonyl (C=O) groups is 1. The van der Waals surface area contributed by atoms with Gasteiger partial charge in [-0.2, -0.15) is 0 Å². The van der Waals surface area contributed by atoms with Crippen LogP contribution in [0.5, 0.6) is 0 Å². The van der Waals surface area contributed by atoms with E-state index in [9.17, 15) is 4.79 Å². The van der Waals surface area contributed by atoms with Crippen molar-refractivity contribution in [2.45, 2.75) is 38.3 Å². The Morgan fingerprint density at radius 1 is 1.33 bits per heavy atom. The summed E-state index contributed by atoms with van der Waals surface area (Å²) in [7, 11) is 1.53. The Kier molecular flexibility index (Phi) is 8.90. The number of nitrogens with one attached hydrogen (secondary N) is 1. The van der Waals surface area contributed by atoms with Gasteiger partial charge in [0.05, 0.1) is 12.1 Å². The van der Waals surface area contributed by atoms with Gasteiger partial charge in [0.1, 0.15) is 6.04 Å². The third-order valence-electron chi connectivity index (χ3n) is 3.65. The topological polar surface area (TPSA) is 64.4 Å². The van der Waals surface area contributed by atoms with Crippen molar-refractivity contribution in [2.24, 2.45) is 5.73 Å². The van der Waals surface area contributed by atoms with Crippen LogP contribution in [0.2, 0.25) is 5.02 Å². The van der Waals surface area contributed by atoms with Crippen LogP contribution >= 0.6 is 24.0 Å². The molecular weight excluding hydrogens is 311 g/mol. The normalized spacial score (nSPS) is 12.4. The van der Waals surface area contributed by atoms with Gasteiger partial charge in [-0.1, -0.05) is 37.6 Å². The van der Waals surface area contributed by atoms with Crippen LogP contribution < -0.4 is 11.1 Å². The highest BCUT2D eigenvalue weighted by Gasteiger charge is 2.31. The highest BCUT2D eigenvalue weighted by molar-refractivity contribution is 6.30. The summed E-state index contributed by atoms with van der Waals surface area (Å²) in [4.78, 5) is 12.2. The number of hydrogen-bond acceptors (Lipinski definition) is 3. The lowest BCUT2D eigenvalue weighted by Gasteiger charge is -2.34. The Hall–Kier alpha value is -0.810. The SMILES string of the molecule is CCC(CC)(NC(=O)C(N)COC)c1ccc(Cl)cc1.Cl. The molecule has 1 unspecified atom stereocenters. The number of nitrogens with two attached hydrogens (primary N) is 1. The maximum absolute atomic E-state index is 12.2. The molecule has 0 saturated carbocycles. The van der Waals surface area contributed by atoms with Gasteiger partial charge in [0, 0.05) is 12.1 Å². The highest BCUT2D eigenvalue weighted by atomic mass is 35.5. The lowest BCUT2D eigenvalue weighted by atomic mass is 9.84. The molecule has 0 spiro atoms. The smallest absolute Gasteiger partial charge is 0.239 e. The summed E-state index contributed by atoms with van der Waals surface area (Å²) < 4.78 is 4.92. The minimum atomic E-state index is -0.662. The zero-order valence-electron chi connectivity index (χ0n) is 12.7. The molecule has 1 amide bonds. The molecule has 1 aromatic rings. The van der Waals surface area contributed by atoms with Crippen molar-refractivity contribution in [3.8, 4) is 0 Å². The summed E-state index contributed by atoms with van der Waals surface area (Å²) in [6.07, 6.45) is 1.55. The highest BCUT2D eigenvalue weighted by Crippen LogP contribution is 2.29. The number of methoxy groups -OCH3 is 1. The molecule has 120 valence electrons. The summed E-state index contributed by atoms with van der Waals surface area (Å²) >= 11 is 5.92. The van der Waals surface area contributed by atoms with Crippen LogP contribution in [0.1, 0.15) is 32.3 Å². The van der Waals surface area contributed by atoms with Crippen LogP contribution in [0.25, 0.3) is 0 Å². The molecule has 3 N–H and O–H groups in total. The molecule has 1 rings (SSSR count). The number of halogens is 2. The summed E-state index contributed by atoms with van der Waals surface area (Å²) in [6.45, 7) is 4.29. The number of ether oxygens (including phenoxy) is 1. The molecule has 0 aliphatic heterocycles. The molecule has 0 bridgehead atoms. The van der Waals surface area contributed by atoms with E-state index in [-0.39, 0.29) is 24.9 Å². The first-order valence-electron chi connectivity index (χ1n) is 6.81. The lowest BCUT2D eigenvalue weighted by Crippen LogP contribution is -2.52. The Balaban J connectivity index is 0.00000400. The number of hydrogen-bond donors (Lipinski definition) is 2. The first kappa shape index (κ1) is 20.2. The summed E-state index contributed by atoms with van der Waals surface area (Å²) in [6, 6.07) is 6.88. The molecule has 0 saturated heterocycles. The van der Waals surface area contributed by atoms with E-state index in [0.29, 0.717) is 5.02 Å². The fourth-order valence-corrected chi connectivity index (χ4v) is 2.39. The average Bonchev–Trinajstić information content (AvgIpc) is 2.46. The van der Waals surface area contributed by atoms with Gasteiger partial charge in [0.25, 0.3) is 0 Å².